The number of carbonyl (C=O) groups excluding carboxylic acids is 1. The fourth-order valence-electron chi connectivity index (χ4n) is 1.76. The molecule has 0 aliphatic carbocycles. The van der Waals surface area contributed by atoms with Gasteiger partial charge in [-0.2, -0.15) is 5.26 Å². The van der Waals surface area contributed by atoms with E-state index in [4.69, 9.17) is 10.00 Å². The van der Waals surface area contributed by atoms with Gasteiger partial charge >= 0.3 is 0 Å². The molecule has 2 rings (SSSR count). The van der Waals surface area contributed by atoms with E-state index in [9.17, 15) is 4.79 Å². The smallest absolute Gasteiger partial charge is 0.181 e. The molecule has 0 aliphatic rings. The number of benzene rings is 2. The number of ketones is 1. The number of Topliss-reactive ketones (excluding diaryl/α,β-unsaturated/α-hetero) is 1. The molecule has 0 heterocycles. The van der Waals surface area contributed by atoms with E-state index < -0.39 is 0 Å². The summed E-state index contributed by atoms with van der Waals surface area (Å²) in [4.78, 5) is 12.0. The molecular formula is C16H14N2O2. The molecule has 4 heteroatoms. The lowest BCUT2D eigenvalue weighted by atomic mass is 10.1. The zero-order chi connectivity index (χ0) is 14.4. The van der Waals surface area contributed by atoms with Crippen LogP contribution < -0.4 is 10.1 Å². The van der Waals surface area contributed by atoms with Crippen molar-refractivity contribution >= 4 is 11.5 Å². The second-order valence-corrected chi connectivity index (χ2v) is 4.20. The van der Waals surface area contributed by atoms with Gasteiger partial charge in [0.25, 0.3) is 0 Å². The Balaban J connectivity index is 1.99. The fourth-order valence-corrected chi connectivity index (χ4v) is 1.76. The van der Waals surface area contributed by atoms with E-state index in [-0.39, 0.29) is 12.3 Å². The van der Waals surface area contributed by atoms with Gasteiger partial charge in [0.05, 0.1) is 25.3 Å². The van der Waals surface area contributed by atoms with E-state index in [1.54, 1.807) is 49.6 Å². The van der Waals surface area contributed by atoms with Crippen LogP contribution in [0.1, 0.15) is 15.9 Å². The summed E-state index contributed by atoms with van der Waals surface area (Å²) in [5.41, 5.74) is 1.94. The summed E-state index contributed by atoms with van der Waals surface area (Å²) in [5.74, 6) is 0.700. The second-order valence-electron chi connectivity index (χ2n) is 4.20. The van der Waals surface area contributed by atoms with Gasteiger partial charge in [-0.05, 0) is 42.5 Å². The average molecular weight is 266 g/mol. The van der Waals surface area contributed by atoms with Crippen LogP contribution in [0.4, 0.5) is 5.69 Å². The van der Waals surface area contributed by atoms with Crippen LogP contribution in [0, 0.1) is 11.3 Å². The summed E-state index contributed by atoms with van der Waals surface area (Å²) in [6.45, 7) is 0.182. The van der Waals surface area contributed by atoms with Crippen molar-refractivity contribution in [3.8, 4) is 11.8 Å². The van der Waals surface area contributed by atoms with Crippen LogP contribution in [0.2, 0.25) is 0 Å². The number of methoxy groups -OCH3 is 1. The van der Waals surface area contributed by atoms with Crippen molar-refractivity contribution in [1.82, 2.24) is 0 Å². The normalized spacial score (nSPS) is 9.60. The third kappa shape index (κ3) is 3.36. The minimum Gasteiger partial charge on any atom is -0.497 e. The number of carbonyl (C=O) groups is 1. The molecule has 2 aromatic carbocycles. The van der Waals surface area contributed by atoms with Crippen LogP contribution >= 0.6 is 0 Å². The van der Waals surface area contributed by atoms with Gasteiger partial charge in [-0.25, -0.2) is 0 Å². The maximum absolute atomic E-state index is 12.0. The van der Waals surface area contributed by atoms with Crippen molar-refractivity contribution in [3.63, 3.8) is 0 Å². The zero-order valence-corrected chi connectivity index (χ0v) is 11.1. The van der Waals surface area contributed by atoms with Crippen molar-refractivity contribution in [2.24, 2.45) is 0 Å². The molecule has 0 saturated carbocycles. The van der Waals surface area contributed by atoms with Crippen LogP contribution in [0.5, 0.6) is 5.75 Å². The highest BCUT2D eigenvalue weighted by Gasteiger charge is 2.06. The largest absolute Gasteiger partial charge is 0.497 e. The molecule has 0 saturated heterocycles. The maximum atomic E-state index is 12.0. The summed E-state index contributed by atoms with van der Waals surface area (Å²) in [5, 5.41) is 11.8. The summed E-state index contributed by atoms with van der Waals surface area (Å²) in [7, 11) is 1.58. The SMILES string of the molecule is COc1ccc(C(=O)CNc2cccc(C#N)c2)cc1. The number of hydrogen-bond donors (Lipinski definition) is 1. The fraction of sp³-hybridized carbons (Fsp3) is 0.125. The third-order valence-corrected chi connectivity index (χ3v) is 2.86. The van der Waals surface area contributed by atoms with Crippen LogP contribution in [0.3, 0.4) is 0 Å². The molecule has 2 aromatic rings. The molecule has 0 unspecified atom stereocenters. The standard InChI is InChI=1S/C16H14N2O2/c1-20-15-7-5-13(6-8-15)16(19)11-18-14-4-2-3-12(9-14)10-17/h2-9,18H,11H2,1H3. The highest BCUT2D eigenvalue weighted by Crippen LogP contribution is 2.13. The third-order valence-electron chi connectivity index (χ3n) is 2.86. The van der Waals surface area contributed by atoms with Gasteiger partial charge in [-0.1, -0.05) is 6.07 Å². The quantitative estimate of drug-likeness (QED) is 0.845. The number of hydrogen-bond acceptors (Lipinski definition) is 4. The second kappa shape index (κ2) is 6.39. The maximum Gasteiger partial charge on any atom is 0.181 e. The summed E-state index contributed by atoms with van der Waals surface area (Å²) >= 11 is 0. The Hall–Kier alpha value is -2.80. The molecule has 0 radical (unpaired) electrons. The number of nitriles is 1. The Labute approximate surface area is 117 Å². The minimum absolute atomic E-state index is 0.0185. The van der Waals surface area contributed by atoms with Crippen LogP contribution in [-0.2, 0) is 0 Å². The van der Waals surface area contributed by atoms with Crippen LogP contribution in [0.15, 0.2) is 48.5 Å². The lowest BCUT2D eigenvalue weighted by Gasteiger charge is -2.06. The Morgan fingerprint density at radius 2 is 2.00 bits per heavy atom. The van der Waals surface area contributed by atoms with Crippen molar-refractivity contribution in [2.75, 3.05) is 19.0 Å². The van der Waals surface area contributed by atoms with Crippen molar-refractivity contribution in [1.29, 1.82) is 5.26 Å². The van der Waals surface area contributed by atoms with Crippen LogP contribution in [-0.4, -0.2) is 19.4 Å². The molecule has 0 atom stereocenters. The van der Waals surface area contributed by atoms with E-state index in [0.29, 0.717) is 11.1 Å². The Morgan fingerprint density at radius 1 is 1.25 bits per heavy atom. The molecule has 20 heavy (non-hydrogen) atoms. The first kappa shape index (κ1) is 13.6. The average Bonchev–Trinajstić information content (AvgIpc) is 2.53. The van der Waals surface area contributed by atoms with Gasteiger partial charge in [0, 0.05) is 11.3 Å². The van der Waals surface area contributed by atoms with Gasteiger partial charge in [0.2, 0.25) is 0 Å². The van der Waals surface area contributed by atoms with Crippen molar-refractivity contribution in [2.45, 2.75) is 0 Å². The molecule has 0 spiro atoms. The molecule has 0 aromatic heterocycles. The highest BCUT2D eigenvalue weighted by atomic mass is 16.5. The summed E-state index contributed by atoms with van der Waals surface area (Å²) in [6, 6.07) is 16.1. The monoisotopic (exact) mass is 266 g/mol. The Morgan fingerprint density at radius 3 is 2.65 bits per heavy atom. The minimum atomic E-state index is -0.0185. The lowest BCUT2D eigenvalue weighted by molar-refractivity contribution is 0.101. The molecule has 4 nitrogen and oxygen atoms in total. The van der Waals surface area contributed by atoms with E-state index in [2.05, 4.69) is 11.4 Å². The van der Waals surface area contributed by atoms with E-state index in [0.717, 1.165) is 11.4 Å². The lowest BCUT2D eigenvalue weighted by Crippen LogP contribution is -2.13. The number of rotatable bonds is 5. The first-order valence-electron chi connectivity index (χ1n) is 6.14. The molecule has 0 amide bonds. The summed E-state index contributed by atoms with van der Waals surface area (Å²) in [6.07, 6.45) is 0. The number of nitrogens with zero attached hydrogens (tertiary/aromatic N) is 1. The predicted octanol–water partition coefficient (Wildman–Crippen LogP) is 2.86. The Kier molecular flexibility index (Phi) is 4.35. The highest BCUT2D eigenvalue weighted by molar-refractivity contribution is 5.99. The number of ether oxygens (including phenoxy) is 1. The molecule has 100 valence electrons. The topological polar surface area (TPSA) is 62.1 Å². The van der Waals surface area contributed by atoms with E-state index in [1.165, 1.54) is 0 Å². The molecular weight excluding hydrogens is 252 g/mol. The van der Waals surface area contributed by atoms with E-state index in [1.807, 2.05) is 6.07 Å². The molecule has 0 aliphatic heterocycles. The first-order valence-corrected chi connectivity index (χ1v) is 6.14. The number of nitrogens with one attached hydrogen (secondary N) is 1. The van der Waals surface area contributed by atoms with Gasteiger partial charge in [-0.15, -0.1) is 0 Å². The molecule has 0 bridgehead atoms. The van der Waals surface area contributed by atoms with Crippen LogP contribution in [0.25, 0.3) is 0 Å². The predicted molar refractivity (Wildman–Crippen MR) is 77.0 cm³/mol. The van der Waals surface area contributed by atoms with Gasteiger partial charge < -0.3 is 10.1 Å². The number of anilines is 1. The van der Waals surface area contributed by atoms with Crippen molar-refractivity contribution in [3.05, 3.63) is 59.7 Å². The zero-order valence-electron chi connectivity index (χ0n) is 11.1. The first-order chi connectivity index (χ1) is 9.72. The van der Waals surface area contributed by atoms with E-state index >= 15 is 0 Å². The Bertz CT molecular complexity index is 642. The van der Waals surface area contributed by atoms with Gasteiger partial charge in [-0.3, -0.25) is 4.79 Å². The summed E-state index contributed by atoms with van der Waals surface area (Å²) < 4.78 is 5.05. The van der Waals surface area contributed by atoms with Gasteiger partial charge in [0.1, 0.15) is 5.75 Å². The van der Waals surface area contributed by atoms with Gasteiger partial charge in [0.15, 0.2) is 5.78 Å². The molecule has 1 N–H and O–H groups in total. The van der Waals surface area contributed by atoms with Crippen molar-refractivity contribution < 1.29 is 9.53 Å². The molecule has 0 fully saturated rings.